The zero-order valence-corrected chi connectivity index (χ0v) is 38.2. The van der Waals surface area contributed by atoms with E-state index in [4.69, 9.17) is 19.9 Å². The van der Waals surface area contributed by atoms with Crippen LogP contribution in [-0.4, -0.2) is 78.2 Å². The Kier molecular flexibility index (Phi) is 19.0. The fourth-order valence-corrected chi connectivity index (χ4v) is 7.39. The number of urea groups is 1. The number of nitrogens with one attached hydrogen (secondary N) is 4. The van der Waals surface area contributed by atoms with Crippen LogP contribution in [0.25, 0.3) is 10.8 Å². The van der Waals surface area contributed by atoms with Crippen molar-refractivity contribution < 1.29 is 43.0 Å². The van der Waals surface area contributed by atoms with Crippen molar-refractivity contribution in [3.05, 3.63) is 83.4 Å². The Hall–Kier alpha value is -5.50. The van der Waals surface area contributed by atoms with Crippen molar-refractivity contribution in [2.75, 3.05) is 13.1 Å². The summed E-state index contributed by atoms with van der Waals surface area (Å²) >= 11 is 0. The van der Waals surface area contributed by atoms with Crippen molar-refractivity contribution in [1.29, 1.82) is 0 Å². The summed E-state index contributed by atoms with van der Waals surface area (Å²) in [6.45, 7) is 13.1. The fraction of sp³-hybridized carbons (Fsp3) is 0.551. The Morgan fingerprint density at radius 3 is 1.95 bits per heavy atom. The molecule has 63 heavy (non-hydrogen) atoms. The number of esters is 3. The zero-order valence-electron chi connectivity index (χ0n) is 38.2. The summed E-state index contributed by atoms with van der Waals surface area (Å²) in [5.74, 6) is -2.20. The second-order valence-electron chi connectivity index (χ2n) is 18.7. The molecule has 1 aliphatic carbocycles. The number of nitrogens with two attached hydrogens (primary N) is 1. The number of amides is 4. The molecule has 6 N–H and O–H groups in total. The van der Waals surface area contributed by atoms with Crippen LogP contribution >= 0.6 is 0 Å². The van der Waals surface area contributed by atoms with Gasteiger partial charge in [-0.1, -0.05) is 72.3 Å². The number of rotatable bonds is 20. The molecule has 1 saturated carbocycles. The predicted molar refractivity (Wildman–Crippen MR) is 242 cm³/mol. The van der Waals surface area contributed by atoms with E-state index < -0.39 is 53.3 Å². The lowest BCUT2D eigenvalue weighted by atomic mass is 9.81. The van der Waals surface area contributed by atoms with Gasteiger partial charge in [0, 0.05) is 25.3 Å². The van der Waals surface area contributed by atoms with E-state index in [1.165, 1.54) is 0 Å². The molecular weight excluding hydrogens is 803 g/mol. The number of aryl methyl sites for hydroxylation is 1. The van der Waals surface area contributed by atoms with Gasteiger partial charge in [0.25, 0.3) is 0 Å². The van der Waals surface area contributed by atoms with Crippen LogP contribution in [0.3, 0.4) is 0 Å². The van der Waals surface area contributed by atoms with E-state index in [1.54, 1.807) is 41.5 Å². The monoisotopic (exact) mass is 872 g/mol. The standard InChI is InChI=1S/C49H69N5O9/c1-32-15-17-34(18-16-32)31-61-45(58)40(25-26-42(55)62-48(2,3)4)54-47(60)53-39(46(59)63-49(5,6)7)14-10-11-27-51-44(57)41(52-43(56)37-23-19-33(30-50)20-24-37)29-35-21-22-36-12-8-9-13-38(36)28-35/h8-9,12-13,15-18,21-22,28,33,37,39-41H,10-11,14,19-20,23-27,29-31,50H2,1-7H3,(H,51,57)(H,52,56)(H2,53,54,60). The maximum atomic E-state index is 13.7. The number of benzene rings is 3. The summed E-state index contributed by atoms with van der Waals surface area (Å²) in [5, 5.41) is 13.4. The van der Waals surface area contributed by atoms with Gasteiger partial charge in [-0.2, -0.15) is 0 Å². The van der Waals surface area contributed by atoms with E-state index >= 15 is 0 Å². The van der Waals surface area contributed by atoms with Crippen LogP contribution in [0.15, 0.2) is 66.7 Å². The molecule has 0 saturated heterocycles. The lowest BCUT2D eigenvalue weighted by molar-refractivity contribution is -0.157. The first kappa shape index (κ1) is 50.1. The molecule has 0 radical (unpaired) electrons. The highest BCUT2D eigenvalue weighted by Gasteiger charge is 2.31. The van der Waals surface area contributed by atoms with Crippen LogP contribution in [-0.2, 0) is 51.2 Å². The lowest BCUT2D eigenvalue weighted by Crippen LogP contribution is -2.52. The summed E-state index contributed by atoms with van der Waals surface area (Å²) in [6.07, 6.45) is 4.24. The number of hydrogen-bond donors (Lipinski definition) is 5. The topological polar surface area (TPSA) is 204 Å². The van der Waals surface area contributed by atoms with Crippen molar-refractivity contribution in [2.24, 2.45) is 17.6 Å². The molecule has 4 amide bonds. The predicted octanol–water partition coefficient (Wildman–Crippen LogP) is 6.47. The largest absolute Gasteiger partial charge is 0.460 e. The summed E-state index contributed by atoms with van der Waals surface area (Å²) in [6, 6.07) is 17.4. The van der Waals surface area contributed by atoms with E-state index in [0.29, 0.717) is 31.7 Å². The highest BCUT2D eigenvalue weighted by molar-refractivity contribution is 5.90. The lowest BCUT2D eigenvalue weighted by Gasteiger charge is -2.28. The Morgan fingerprint density at radius 1 is 0.698 bits per heavy atom. The second kappa shape index (κ2) is 23.8. The van der Waals surface area contributed by atoms with E-state index in [9.17, 15) is 28.8 Å². The molecule has 14 nitrogen and oxygen atoms in total. The molecule has 3 aromatic carbocycles. The molecule has 3 unspecified atom stereocenters. The van der Waals surface area contributed by atoms with Crippen molar-refractivity contribution in [1.82, 2.24) is 21.3 Å². The fourth-order valence-electron chi connectivity index (χ4n) is 7.39. The van der Waals surface area contributed by atoms with Crippen LogP contribution in [0.5, 0.6) is 0 Å². The van der Waals surface area contributed by atoms with E-state index in [-0.39, 0.29) is 50.1 Å². The van der Waals surface area contributed by atoms with Gasteiger partial charge in [0.2, 0.25) is 11.8 Å². The molecule has 0 spiro atoms. The third-order valence-electron chi connectivity index (χ3n) is 10.8. The second-order valence-corrected chi connectivity index (χ2v) is 18.7. The number of carbonyl (C=O) groups is 6. The van der Waals surface area contributed by atoms with E-state index in [2.05, 4.69) is 21.3 Å². The minimum Gasteiger partial charge on any atom is -0.460 e. The molecule has 1 fully saturated rings. The normalized spacial score (nSPS) is 16.8. The minimum absolute atomic E-state index is 0.0465. The summed E-state index contributed by atoms with van der Waals surface area (Å²) in [5.41, 5.74) is 6.98. The Bertz CT molecular complexity index is 2000. The Labute approximate surface area is 372 Å². The van der Waals surface area contributed by atoms with Crippen LogP contribution < -0.4 is 27.0 Å². The molecule has 0 aromatic heterocycles. The summed E-state index contributed by atoms with van der Waals surface area (Å²) in [7, 11) is 0. The third kappa shape index (κ3) is 18.0. The van der Waals surface area contributed by atoms with Gasteiger partial charge in [-0.15, -0.1) is 0 Å². The van der Waals surface area contributed by atoms with Crippen molar-refractivity contribution >= 4 is 46.5 Å². The van der Waals surface area contributed by atoms with Gasteiger partial charge in [-0.25, -0.2) is 14.4 Å². The maximum absolute atomic E-state index is 13.7. The van der Waals surface area contributed by atoms with Crippen LogP contribution in [0.1, 0.15) is 116 Å². The number of ether oxygens (including phenoxy) is 3. The first-order valence-corrected chi connectivity index (χ1v) is 22.3. The highest BCUT2D eigenvalue weighted by atomic mass is 16.6. The van der Waals surface area contributed by atoms with Crippen molar-refractivity contribution in [3.8, 4) is 0 Å². The van der Waals surface area contributed by atoms with Crippen LogP contribution in [0.4, 0.5) is 4.79 Å². The smallest absolute Gasteiger partial charge is 0.329 e. The summed E-state index contributed by atoms with van der Waals surface area (Å²) < 4.78 is 16.6. The molecule has 0 heterocycles. The molecule has 14 heteroatoms. The van der Waals surface area contributed by atoms with E-state index in [1.807, 2.05) is 73.7 Å². The first-order chi connectivity index (χ1) is 29.8. The molecule has 0 bridgehead atoms. The van der Waals surface area contributed by atoms with Crippen molar-refractivity contribution in [3.63, 3.8) is 0 Å². The molecule has 0 aliphatic heterocycles. The number of carbonyl (C=O) groups excluding carboxylic acids is 6. The van der Waals surface area contributed by atoms with Crippen LogP contribution in [0, 0.1) is 18.8 Å². The number of hydrogen-bond acceptors (Lipinski definition) is 10. The minimum atomic E-state index is -1.23. The van der Waals surface area contributed by atoms with Gasteiger partial charge in [0.1, 0.15) is 35.9 Å². The van der Waals surface area contributed by atoms with Gasteiger partial charge in [-0.05, 0) is 134 Å². The van der Waals surface area contributed by atoms with Gasteiger partial charge in [0.15, 0.2) is 0 Å². The molecule has 3 atom stereocenters. The van der Waals surface area contributed by atoms with E-state index in [0.717, 1.165) is 53.1 Å². The average Bonchev–Trinajstić information content (AvgIpc) is 3.22. The SMILES string of the molecule is Cc1ccc(COC(=O)C(CCC(=O)OC(C)(C)C)NC(=O)NC(CCCCNC(=O)C(Cc2ccc3ccccc3c2)NC(=O)C2CCC(CN)CC2)C(=O)OC(C)(C)C)cc1. The third-order valence-corrected chi connectivity index (χ3v) is 10.8. The number of fused-ring (bicyclic) bond motifs is 1. The van der Waals surface area contributed by atoms with Gasteiger partial charge >= 0.3 is 23.9 Å². The molecular formula is C49H69N5O9. The number of unbranched alkanes of at least 4 members (excludes halogenated alkanes) is 1. The average molecular weight is 872 g/mol. The van der Waals surface area contributed by atoms with Gasteiger partial charge in [-0.3, -0.25) is 14.4 Å². The maximum Gasteiger partial charge on any atom is 0.329 e. The molecule has 344 valence electrons. The zero-order chi connectivity index (χ0) is 46.2. The highest BCUT2D eigenvalue weighted by Crippen LogP contribution is 2.28. The van der Waals surface area contributed by atoms with Gasteiger partial charge in [0.05, 0.1) is 0 Å². The first-order valence-electron chi connectivity index (χ1n) is 22.3. The summed E-state index contributed by atoms with van der Waals surface area (Å²) in [4.78, 5) is 80.0. The quantitative estimate of drug-likeness (QED) is 0.0476. The Morgan fingerprint density at radius 2 is 1.32 bits per heavy atom. The van der Waals surface area contributed by atoms with Crippen molar-refractivity contribution in [2.45, 2.75) is 149 Å². The van der Waals surface area contributed by atoms with Crippen LogP contribution in [0.2, 0.25) is 0 Å². The van der Waals surface area contributed by atoms with Gasteiger partial charge < -0.3 is 41.2 Å². The molecule has 1 aliphatic rings. The Balaban J connectivity index is 1.38. The molecule has 3 aromatic rings. The molecule has 4 rings (SSSR count).